The van der Waals surface area contributed by atoms with Crippen LogP contribution in [0.1, 0.15) is 24.8 Å². The quantitative estimate of drug-likeness (QED) is 0.834. The molecule has 5 heteroatoms. The van der Waals surface area contributed by atoms with Crippen molar-refractivity contribution in [1.82, 2.24) is 4.90 Å². The summed E-state index contributed by atoms with van der Waals surface area (Å²) in [4.78, 5) is 14.5. The first-order valence-electron chi connectivity index (χ1n) is 9.03. The summed E-state index contributed by atoms with van der Waals surface area (Å²) in [6.07, 6.45) is 2.67. The van der Waals surface area contributed by atoms with Crippen LogP contribution in [0.2, 0.25) is 0 Å². The van der Waals surface area contributed by atoms with Crippen LogP contribution in [-0.4, -0.2) is 37.2 Å². The molecule has 0 aliphatic carbocycles. The van der Waals surface area contributed by atoms with E-state index < -0.39 is 6.09 Å². The van der Waals surface area contributed by atoms with Gasteiger partial charge in [0.1, 0.15) is 5.82 Å². The molecule has 2 aromatic carbocycles. The zero-order valence-corrected chi connectivity index (χ0v) is 15.3. The van der Waals surface area contributed by atoms with E-state index >= 15 is 0 Å². The fraction of sp³-hybridized carbons (Fsp3) is 0.381. The summed E-state index contributed by atoms with van der Waals surface area (Å²) < 4.78 is 19.1. The minimum absolute atomic E-state index is 0.343. The predicted octanol–water partition coefficient (Wildman–Crippen LogP) is 4.83. The molecule has 1 fully saturated rings. The molecule has 0 aromatic heterocycles. The van der Waals surface area contributed by atoms with Crippen molar-refractivity contribution in [1.29, 1.82) is 0 Å². The smallest absolute Gasteiger partial charge is 0.411 e. The summed E-state index contributed by atoms with van der Waals surface area (Å²) in [5.74, 6) is -0.343. The molecule has 2 aromatic rings. The van der Waals surface area contributed by atoms with E-state index in [1.54, 1.807) is 6.07 Å². The number of anilines is 1. The molecule has 0 saturated carbocycles. The third-order valence-electron chi connectivity index (χ3n) is 4.90. The number of amides is 1. The number of halogens is 1. The summed E-state index contributed by atoms with van der Waals surface area (Å²) in [5.41, 5.74) is 3.11. The van der Waals surface area contributed by atoms with Crippen LogP contribution >= 0.6 is 0 Å². The maximum atomic E-state index is 13.7. The highest BCUT2D eigenvalue weighted by molar-refractivity contribution is 5.91. The van der Waals surface area contributed by atoms with Crippen molar-refractivity contribution in [2.75, 3.05) is 25.5 Å². The first kappa shape index (κ1) is 18.4. The van der Waals surface area contributed by atoms with Crippen molar-refractivity contribution in [3.05, 3.63) is 53.8 Å². The van der Waals surface area contributed by atoms with Gasteiger partial charge >= 0.3 is 6.09 Å². The van der Waals surface area contributed by atoms with E-state index in [-0.39, 0.29) is 5.82 Å². The van der Waals surface area contributed by atoms with Crippen LogP contribution in [0.15, 0.2) is 42.5 Å². The Bertz CT molecular complexity index is 778. The SMILES string of the molecule is Cc1cccc(-c2cc(F)ccc2NC(=O)OCCC2CCCN2C)c1. The highest BCUT2D eigenvalue weighted by Gasteiger charge is 2.21. The van der Waals surface area contributed by atoms with E-state index in [4.69, 9.17) is 4.74 Å². The molecule has 1 unspecified atom stereocenters. The van der Waals surface area contributed by atoms with E-state index in [2.05, 4.69) is 17.3 Å². The summed E-state index contributed by atoms with van der Waals surface area (Å²) in [6.45, 7) is 3.46. The van der Waals surface area contributed by atoms with Gasteiger partial charge in [0.15, 0.2) is 0 Å². The van der Waals surface area contributed by atoms with E-state index in [0.717, 1.165) is 30.5 Å². The number of likely N-dealkylation sites (tertiary alicyclic amines) is 1. The van der Waals surface area contributed by atoms with Crippen molar-refractivity contribution >= 4 is 11.8 Å². The van der Waals surface area contributed by atoms with E-state index in [0.29, 0.717) is 23.9 Å². The van der Waals surface area contributed by atoms with Gasteiger partial charge in [-0.1, -0.05) is 29.8 Å². The fourth-order valence-corrected chi connectivity index (χ4v) is 3.45. The Labute approximate surface area is 154 Å². The number of nitrogens with zero attached hydrogens (tertiary/aromatic N) is 1. The lowest BCUT2D eigenvalue weighted by Gasteiger charge is -2.19. The summed E-state index contributed by atoms with van der Waals surface area (Å²) in [7, 11) is 2.10. The molecule has 26 heavy (non-hydrogen) atoms. The van der Waals surface area contributed by atoms with E-state index in [9.17, 15) is 9.18 Å². The molecule has 1 heterocycles. The average Bonchev–Trinajstić information content (AvgIpc) is 3.01. The molecule has 0 bridgehead atoms. The summed E-state index contributed by atoms with van der Waals surface area (Å²) in [5, 5.41) is 2.75. The van der Waals surface area contributed by atoms with E-state index in [1.807, 2.05) is 31.2 Å². The monoisotopic (exact) mass is 356 g/mol. The number of aryl methyl sites for hydroxylation is 1. The number of ether oxygens (including phenoxy) is 1. The molecular weight excluding hydrogens is 331 g/mol. The molecule has 1 saturated heterocycles. The van der Waals surface area contributed by atoms with Crippen LogP contribution in [0.25, 0.3) is 11.1 Å². The average molecular weight is 356 g/mol. The van der Waals surface area contributed by atoms with Crippen LogP contribution in [-0.2, 0) is 4.74 Å². The summed E-state index contributed by atoms with van der Waals surface area (Å²) in [6, 6.07) is 12.6. The molecule has 4 nitrogen and oxygen atoms in total. The third kappa shape index (κ3) is 4.61. The van der Waals surface area contributed by atoms with Gasteiger partial charge in [-0.3, -0.25) is 5.32 Å². The first-order chi connectivity index (χ1) is 12.5. The minimum Gasteiger partial charge on any atom is -0.449 e. The van der Waals surface area contributed by atoms with Crippen LogP contribution in [0.5, 0.6) is 0 Å². The van der Waals surface area contributed by atoms with Crippen molar-refractivity contribution in [2.45, 2.75) is 32.2 Å². The maximum absolute atomic E-state index is 13.7. The number of hydrogen-bond acceptors (Lipinski definition) is 3. The molecular formula is C21H25FN2O2. The Morgan fingerprint density at radius 3 is 2.88 bits per heavy atom. The number of nitrogens with one attached hydrogen (secondary N) is 1. The lowest BCUT2D eigenvalue weighted by Crippen LogP contribution is -2.27. The van der Waals surface area contributed by atoms with Gasteiger partial charge in [0.05, 0.1) is 12.3 Å². The predicted molar refractivity (Wildman–Crippen MR) is 102 cm³/mol. The van der Waals surface area contributed by atoms with Crippen molar-refractivity contribution in [3.63, 3.8) is 0 Å². The first-order valence-corrected chi connectivity index (χ1v) is 9.03. The van der Waals surface area contributed by atoms with Crippen LogP contribution in [0.3, 0.4) is 0 Å². The van der Waals surface area contributed by atoms with Crippen LogP contribution < -0.4 is 5.32 Å². The number of benzene rings is 2. The normalized spacial score (nSPS) is 17.3. The van der Waals surface area contributed by atoms with Crippen LogP contribution in [0.4, 0.5) is 14.9 Å². The van der Waals surface area contributed by atoms with Gasteiger partial charge in [-0.2, -0.15) is 0 Å². The Morgan fingerprint density at radius 1 is 1.31 bits per heavy atom. The van der Waals surface area contributed by atoms with Gasteiger partial charge in [0, 0.05) is 11.6 Å². The minimum atomic E-state index is -0.508. The Hall–Kier alpha value is -2.40. The number of carbonyl (C=O) groups excluding carboxylic acids is 1. The molecule has 0 radical (unpaired) electrons. The van der Waals surface area contributed by atoms with Gasteiger partial charge in [-0.05, 0) is 63.5 Å². The van der Waals surface area contributed by atoms with Crippen molar-refractivity contribution < 1.29 is 13.9 Å². The zero-order valence-electron chi connectivity index (χ0n) is 15.3. The second-order valence-corrected chi connectivity index (χ2v) is 6.89. The van der Waals surface area contributed by atoms with Crippen molar-refractivity contribution in [3.8, 4) is 11.1 Å². The molecule has 3 rings (SSSR count). The van der Waals surface area contributed by atoms with Crippen LogP contribution in [0, 0.1) is 12.7 Å². The number of rotatable bonds is 5. The standard InChI is InChI=1S/C21H25FN2O2/c1-15-5-3-6-16(13-15)19-14-17(22)8-9-20(19)23-21(25)26-12-10-18-7-4-11-24(18)2/h3,5-6,8-9,13-14,18H,4,7,10-12H2,1-2H3,(H,23,25). The second-order valence-electron chi connectivity index (χ2n) is 6.89. The van der Waals surface area contributed by atoms with Gasteiger partial charge in [-0.15, -0.1) is 0 Å². The molecule has 1 aliphatic rings. The highest BCUT2D eigenvalue weighted by atomic mass is 19.1. The highest BCUT2D eigenvalue weighted by Crippen LogP contribution is 2.29. The maximum Gasteiger partial charge on any atom is 0.411 e. The lowest BCUT2D eigenvalue weighted by molar-refractivity contribution is 0.147. The van der Waals surface area contributed by atoms with Gasteiger partial charge in [0.25, 0.3) is 0 Å². The summed E-state index contributed by atoms with van der Waals surface area (Å²) >= 11 is 0. The molecule has 1 atom stereocenters. The fourth-order valence-electron chi connectivity index (χ4n) is 3.45. The van der Waals surface area contributed by atoms with Gasteiger partial charge in [-0.25, -0.2) is 9.18 Å². The largest absolute Gasteiger partial charge is 0.449 e. The molecule has 0 spiro atoms. The molecule has 1 aliphatic heterocycles. The zero-order chi connectivity index (χ0) is 18.5. The molecule has 1 N–H and O–H groups in total. The van der Waals surface area contributed by atoms with Gasteiger partial charge < -0.3 is 9.64 Å². The lowest BCUT2D eigenvalue weighted by atomic mass is 10.0. The number of hydrogen-bond donors (Lipinski definition) is 1. The Balaban J connectivity index is 1.64. The number of carbonyl (C=O) groups is 1. The topological polar surface area (TPSA) is 41.6 Å². The van der Waals surface area contributed by atoms with E-state index in [1.165, 1.54) is 18.6 Å². The van der Waals surface area contributed by atoms with Crippen molar-refractivity contribution in [2.24, 2.45) is 0 Å². The Morgan fingerprint density at radius 2 is 2.15 bits per heavy atom. The molecule has 138 valence electrons. The van der Waals surface area contributed by atoms with Gasteiger partial charge in [0.2, 0.25) is 0 Å². The Kier molecular flexibility index (Phi) is 5.89. The molecule has 1 amide bonds. The third-order valence-corrected chi connectivity index (χ3v) is 4.90. The second kappa shape index (κ2) is 8.32.